The molecule has 3 amide bonds. The van der Waals surface area contributed by atoms with E-state index >= 15 is 8.78 Å². The number of carbonyl (C=O) groups is 6. The maximum Gasteiger partial charge on any atom is 0.404 e. The van der Waals surface area contributed by atoms with Crippen LogP contribution >= 0.6 is 31.1 Å². The summed E-state index contributed by atoms with van der Waals surface area (Å²) in [5, 5.41) is 0.637. The maximum atomic E-state index is 15.8. The first-order valence-corrected chi connectivity index (χ1v) is 22.7. The van der Waals surface area contributed by atoms with Crippen LogP contribution in [0.3, 0.4) is 0 Å². The number of likely N-dealkylation sites (tertiary alicyclic amines) is 1. The van der Waals surface area contributed by atoms with Crippen molar-refractivity contribution in [2.75, 3.05) is 50.9 Å². The molecule has 0 aliphatic carbocycles. The summed E-state index contributed by atoms with van der Waals surface area (Å²) in [7, 11) is -5.10. The van der Waals surface area contributed by atoms with Crippen LogP contribution in [0.5, 0.6) is 0 Å². The monoisotopic (exact) mass is 861 g/mol. The highest BCUT2D eigenvalue weighted by Gasteiger charge is 2.55. The zero-order valence-electron chi connectivity index (χ0n) is 34.7. The van der Waals surface area contributed by atoms with Gasteiger partial charge in [-0.05, 0) is 60.6 Å². The molecule has 1 heterocycles. The summed E-state index contributed by atoms with van der Waals surface area (Å²) in [6.07, 6.45) is 3.35. The summed E-state index contributed by atoms with van der Waals surface area (Å²) >= 11 is 1.84. The molecule has 0 atom stereocenters. The van der Waals surface area contributed by atoms with E-state index in [1.807, 2.05) is 60.2 Å². The Hall–Kier alpha value is -3.17. The van der Waals surface area contributed by atoms with Crippen molar-refractivity contribution in [3.8, 4) is 0 Å². The Kier molecular flexibility index (Phi) is 26.7. The van der Waals surface area contributed by atoms with Gasteiger partial charge in [0.1, 0.15) is 6.79 Å². The van der Waals surface area contributed by atoms with Crippen molar-refractivity contribution < 1.29 is 51.2 Å². The number of hydrogen-bond acceptors (Lipinski definition) is 11. The van der Waals surface area contributed by atoms with Crippen LogP contribution in [-0.4, -0.2) is 95.4 Å². The van der Waals surface area contributed by atoms with Gasteiger partial charge in [0.25, 0.3) is 0 Å². The van der Waals surface area contributed by atoms with E-state index in [-0.39, 0.29) is 50.9 Å². The quantitative estimate of drug-likeness (QED) is 0.106. The topological polar surface area (TPSA) is 170 Å². The van der Waals surface area contributed by atoms with Crippen LogP contribution in [0.25, 0.3) is 10.8 Å². The Morgan fingerprint density at radius 3 is 1.81 bits per heavy atom. The summed E-state index contributed by atoms with van der Waals surface area (Å²) in [6, 6.07) is 8.07. The number of benzene rings is 2. The van der Waals surface area contributed by atoms with E-state index in [2.05, 4.69) is 0 Å². The van der Waals surface area contributed by atoms with Crippen molar-refractivity contribution in [1.29, 1.82) is 0 Å². The number of nitrogens with zero attached hydrogens (tertiary/aromatic N) is 2. The number of alkyl halides is 2. The van der Waals surface area contributed by atoms with Gasteiger partial charge in [0.15, 0.2) is 10.2 Å². The van der Waals surface area contributed by atoms with Crippen LogP contribution in [0.2, 0.25) is 0 Å². The molecule has 0 unspecified atom stereocenters. The molecule has 0 spiro atoms. The Labute approximate surface area is 345 Å². The number of fused-ring (bicyclic) bond motifs is 1. The summed E-state index contributed by atoms with van der Waals surface area (Å²) in [5.41, 5.74) is 0.769. The summed E-state index contributed by atoms with van der Waals surface area (Å²) < 4.78 is 55.4. The summed E-state index contributed by atoms with van der Waals surface area (Å²) in [5.74, 6) is -0.136. The van der Waals surface area contributed by atoms with Gasteiger partial charge in [0, 0.05) is 75.0 Å². The fourth-order valence-electron chi connectivity index (χ4n) is 5.25. The van der Waals surface area contributed by atoms with Crippen molar-refractivity contribution in [2.24, 2.45) is 17.6 Å². The van der Waals surface area contributed by atoms with E-state index < -0.39 is 37.9 Å². The van der Waals surface area contributed by atoms with Gasteiger partial charge in [-0.3, -0.25) is 28.5 Å². The molecule has 0 radical (unpaired) electrons. The Morgan fingerprint density at radius 2 is 1.37 bits per heavy atom. The van der Waals surface area contributed by atoms with Crippen LogP contribution in [0.15, 0.2) is 36.4 Å². The second-order valence-electron chi connectivity index (χ2n) is 13.4. The SMILES string of the molecule is C=O.CC.CC(C)CC(=O)SCCOP(=O)(OCCSC(=O)CC(C)C)C(F)(F)c1ccc2ccc(C(N)=O)cc2c1.CCN(CCC(=O)N1CCCC1)C(C)=O. The molecule has 12 nitrogen and oxygen atoms in total. The molecule has 322 valence electrons. The summed E-state index contributed by atoms with van der Waals surface area (Å²) in [6.45, 7) is 19.2. The lowest BCUT2D eigenvalue weighted by atomic mass is 10.0. The highest BCUT2D eigenvalue weighted by Crippen LogP contribution is 2.67. The number of halogens is 2. The molecule has 0 aromatic heterocycles. The van der Waals surface area contributed by atoms with Crippen LogP contribution in [0.4, 0.5) is 8.78 Å². The zero-order valence-corrected chi connectivity index (χ0v) is 37.2. The van der Waals surface area contributed by atoms with Gasteiger partial charge in [0.2, 0.25) is 17.7 Å². The molecule has 2 N–H and O–H groups in total. The first-order valence-electron chi connectivity index (χ1n) is 19.1. The molecule has 2 aromatic carbocycles. The fraction of sp³-hybridized carbons (Fsp3) is 0.600. The summed E-state index contributed by atoms with van der Waals surface area (Å²) in [4.78, 5) is 69.8. The smallest absolute Gasteiger partial charge is 0.366 e. The number of nitrogens with two attached hydrogens (primary N) is 1. The number of hydrogen-bond donors (Lipinski definition) is 1. The van der Waals surface area contributed by atoms with Crippen molar-refractivity contribution in [2.45, 2.75) is 93.2 Å². The molecule has 57 heavy (non-hydrogen) atoms. The van der Waals surface area contributed by atoms with Gasteiger partial charge in [0.05, 0.1) is 13.2 Å². The molecule has 3 rings (SSSR count). The lowest BCUT2D eigenvalue weighted by molar-refractivity contribution is -0.132. The first kappa shape index (κ1) is 53.8. The van der Waals surface area contributed by atoms with Crippen LogP contribution in [0.1, 0.15) is 103 Å². The van der Waals surface area contributed by atoms with E-state index in [1.54, 1.807) is 17.9 Å². The van der Waals surface area contributed by atoms with Crippen molar-refractivity contribution in [3.05, 3.63) is 47.5 Å². The fourth-order valence-corrected chi connectivity index (χ4v) is 8.70. The first-order chi connectivity index (χ1) is 26.9. The van der Waals surface area contributed by atoms with E-state index in [9.17, 15) is 28.5 Å². The lowest BCUT2D eigenvalue weighted by Crippen LogP contribution is -2.34. The van der Waals surface area contributed by atoms with E-state index in [4.69, 9.17) is 19.6 Å². The largest absolute Gasteiger partial charge is 0.404 e. The molecule has 0 bridgehead atoms. The second-order valence-corrected chi connectivity index (χ2v) is 17.8. The van der Waals surface area contributed by atoms with Crippen molar-refractivity contribution in [3.63, 3.8) is 0 Å². The number of rotatable bonds is 19. The zero-order chi connectivity index (χ0) is 43.8. The highest BCUT2D eigenvalue weighted by atomic mass is 32.2. The molecular formula is C40H62F2N3O9PS2. The number of amides is 3. The van der Waals surface area contributed by atoms with Gasteiger partial charge in [-0.25, -0.2) is 0 Å². The average Bonchev–Trinajstić information content (AvgIpc) is 3.72. The Morgan fingerprint density at radius 1 is 0.877 bits per heavy atom. The average molecular weight is 862 g/mol. The number of primary amides is 1. The van der Waals surface area contributed by atoms with Gasteiger partial charge < -0.3 is 29.4 Å². The van der Waals surface area contributed by atoms with E-state index in [0.29, 0.717) is 43.1 Å². The Balaban J connectivity index is 0.00000137. The van der Waals surface area contributed by atoms with Gasteiger partial charge in [-0.1, -0.05) is 83.3 Å². The second kappa shape index (κ2) is 28.3. The minimum absolute atomic E-state index is 0.0241. The molecule has 1 fully saturated rings. The third kappa shape index (κ3) is 19.4. The molecule has 1 saturated heterocycles. The van der Waals surface area contributed by atoms with Crippen molar-refractivity contribution in [1.82, 2.24) is 9.80 Å². The lowest BCUT2D eigenvalue weighted by Gasteiger charge is -2.27. The molecule has 0 saturated carbocycles. The molecule has 1 aliphatic heterocycles. The minimum Gasteiger partial charge on any atom is -0.366 e. The van der Waals surface area contributed by atoms with Crippen LogP contribution in [-0.2, 0) is 43.2 Å². The van der Waals surface area contributed by atoms with Crippen LogP contribution in [0, 0.1) is 11.8 Å². The predicted octanol–water partition coefficient (Wildman–Crippen LogP) is 8.53. The maximum absolute atomic E-state index is 15.8. The van der Waals surface area contributed by atoms with Gasteiger partial charge >= 0.3 is 13.3 Å². The third-order valence-electron chi connectivity index (χ3n) is 8.06. The Bertz CT molecular complexity index is 1590. The third-order valence-corrected chi connectivity index (χ3v) is 11.8. The normalized spacial score (nSPS) is 12.5. The molecule has 17 heteroatoms. The van der Waals surface area contributed by atoms with Gasteiger partial charge in [-0.15, -0.1) is 0 Å². The van der Waals surface area contributed by atoms with Crippen molar-refractivity contribution >= 4 is 76.6 Å². The minimum atomic E-state index is -5.10. The van der Waals surface area contributed by atoms with E-state index in [0.717, 1.165) is 61.6 Å². The van der Waals surface area contributed by atoms with E-state index in [1.165, 1.54) is 18.2 Å². The standard InChI is InChI=1S/C26H34F2NO6PS2.C11H20N2O2.C2H6.CH2O/c1-17(2)13-23(30)37-11-9-34-36(33,35-10-12-38-24(31)14-18(3)4)26(27,28)22-8-7-19-5-6-20(25(29)32)15-21(19)16-22;1-3-12(10(2)14)9-6-11(15)13-7-4-5-8-13;2*1-2/h5-8,15-18H,9-14H2,1-4H3,(H2,29,32);3-9H2,1-2H3;1-2H3;1H2. The van der Waals surface area contributed by atoms with Crippen LogP contribution < -0.4 is 5.73 Å². The predicted molar refractivity (Wildman–Crippen MR) is 227 cm³/mol. The number of carbonyl (C=O) groups excluding carboxylic acids is 6. The highest BCUT2D eigenvalue weighted by molar-refractivity contribution is 8.13. The number of thioether (sulfide) groups is 2. The molecule has 1 aliphatic rings. The molecular weight excluding hydrogens is 800 g/mol. The molecule has 2 aromatic rings. The van der Waals surface area contributed by atoms with Gasteiger partial charge in [-0.2, -0.15) is 8.78 Å².